The van der Waals surface area contributed by atoms with E-state index in [9.17, 15) is 9.18 Å². The number of aryl methyl sites for hydroxylation is 2. The van der Waals surface area contributed by atoms with E-state index in [1.54, 1.807) is 26.7 Å². The molecular formula is C20H19FN4OS2. The molecule has 0 amide bonds. The molecule has 0 aliphatic carbocycles. The van der Waals surface area contributed by atoms with Gasteiger partial charge in [-0.15, -0.1) is 11.3 Å². The molecule has 0 aliphatic heterocycles. The van der Waals surface area contributed by atoms with E-state index in [0.29, 0.717) is 35.0 Å². The summed E-state index contributed by atoms with van der Waals surface area (Å²) in [6.45, 7) is 4.89. The second kappa shape index (κ2) is 7.89. The van der Waals surface area contributed by atoms with Gasteiger partial charge in [0, 0.05) is 17.2 Å². The van der Waals surface area contributed by atoms with Crippen molar-refractivity contribution in [3.63, 3.8) is 0 Å². The molecule has 4 aromatic rings. The lowest BCUT2D eigenvalue weighted by Crippen LogP contribution is -2.25. The molecular weight excluding hydrogens is 395 g/mol. The Balaban J connectivity index is 1.80. The van der Waals surface area contributed by atoms with Crippen LogP contribution in [0.15, 0.2) is 51.7 Å². The Bertz CT molecular complexity index is 1180. The fourth-order valence-electron chi connectivity index (χ4n) is 3.10. The average molecular weight is 415 g/mol. The molecule has 28 heavy (non-hydrogen) atoms. The minimum Gasteiger partial charge on any atom is -0.280 e. The molecule has 0 bridgehead atoms. The number of hydrogen-bond donors (Lipinski definition) is 0. The number of halogens is 1. The predicted molar refractivity (Wildman–Crippen MR) is 112 cm³/mol. The molecule has 8 heteroatoms. The van der Waals surface area contributed by atoms with E-state index in [2.05, 4.69) is 5.10 Å². The topological polar surface area (TPSA) is 52.7 Å². The molecule has 4 rings (SSSR count). The smallest absolute Gasteiger partial charge is 0.280 e. The van der Waals surface area contributed by atoms with Crippen molar-refractivity contribution in [1.82, 2.24) is 19.3 Å². The van der Waals surface area contributed by atoms with Gasteiger partial charge in [0.15, 0.2) is 10.7 Å². The van der Waals surface area contributed by atoms with E-state index < -0.39 is 0 Å². The van der Waals surface area contributed by atoms with Crippen molar-refractivity contribution in [3.8, 4) is 0 Å². The Hall–Kier alpha value is -2.45. The van der Waals surface area contributed by atoms with Crippen molar-refractivity contribution < 1.29 is 4.39 Å². The standard InChI is InChI=1S/C20H19FN4OS2/c1-3-25-18-17(13(2)23-25)22-20(28-12-14-6-4-7-15(21)10-14)24(19(18)26)11-16-8-5-9-27-16/h4-10H,3,11-12H2,1-2H3. The summed E-state index contributed by atoms with van der Waals surface area (Å²) in [5, 5.41) is 7.07. The zero-order chi connectivity index (χ0) is 19.7. The molecule has 5 nitrogen and oxygen atoms in total. The maximum Gasteiger partial charge on any atom is 0.280 e. The van der Waals surface area contributed by atoms with E-state index in [1.807, 2.05) is 37.4 Å². The SMILES string of the molecule is CCn1nc(C)c2nc(SCc3cccc(F)c3)n(Cc3cccs3)c(=O)c21. The first-order valence-electron chi connectivity index (χ1n) is 8.94. The molecule has 3 heterocycles. The summed E-state index contributed by atoms with van der Waals surface area (Å²) in [7, 11) is 0. The summed E-state index contributed by atoms with van der Waals surface area (Å²) >= 11 is 3.04. The van der Waals surface area contributed by atoms with Gasteiger partial charge in [-0.1, -0.05) is 30.0 Å². The van der Waals surface area contributed by atoms with Gasteiger partial charge in [0.05, 0.1) is 12.2 Å². The van der Waals surface area contributed by atoms with Crippen molar-refractivity contribution in [2.24, 2.45) is 0 Å². The monoisotopic (exact) mass is 414 g/mol. The molecule has 0 saturated heterocycles. The van der Waals surface area contributed by atoms with Crippen LogP contribution in [0, 0.1) is 12.7 Å². The zero-order valence-electron chi connectivity index (χ0n) is 15.6. The molecule has 0 unspecified atom stereocenters. The van der Waals surface area contributed by atoms with E-state index >= 15 is 0 Å². The highest BCUT2D eigenvalue weighted by molar-refractivity contribution is 7.98. The normalized spacial score (nSPS) is 11.4. The highest BCUT2D eigenvalue weighted by atomic mass is 32.2. The summed E-state index contributed by atoms with van der Waals surface area (Å²) in [4.78, 5) is 19.2. The Labute approximate surface area is 169 Å². The minimum absolute atomic E-state index is 0.0948. The lowest BCUT2D eigenvalue weighted by Gasteiger charge is -2.12. The van der Waals surface area contributed by atoms with Crippen LogP contribution in [-0.4, -0.2) is 19.3 Å². The number of nitrogens with zero attached hydrogens (tertiary/aromatic N) is 4. The van der Waals surface area contributed by atoms with Crippen LogP contribution in [0.5, 0.6) is 0 Å². The second-order valence-corrected chi connectivity index (χ2v) is 8.36. The van der Waals surface area contributed by atoms with Gasteiger partial charge in [-0.2, -0.15) is 5.10 Å². The van der Waals surface area contributed by atoms with Crippen molar-refractivity contribution >= 4 is 34.1 Å². The van der Waals surface area contributed by atoms with Crippen LogP contribution in [-0.2, 0) is 18.8 Å². The number of thioether (sulfide) groups is 1. The number of fused-ring (bicyclic) bond motifs is 1. The average Bonchev–Trinajstić information content (AvgIpc) is 3.30. The fourth-order valence-corrected chi connectivity index (χ4v) is 4.73. The van der Waals surface area contributed by atoms with Gasteiger partial charge in [0.1, 0.15) is 11.3 Å². The molecule has 0 fully saturated rings. The third-order valence-electron chi connectivity index (χ3n) is 4.43. The predicted octanol–water partition coefficient (Wildman–Crippen LogP) is 4.46. The molecule has 0 saturated carbocycles. The van der Waals surface area contributed by atoms with Crippen LogP contribution in [0.25, 0.3) is 11.0 Å². The van der Waals surface area contributed by atoms with Crippen LogP contribution in [0.3, 0.4) is 0 Å². The lowest BCUT2D eigenvalue weighted by molar-refractivity contribution is 0.626. The number of rotatable bonds is 6. The van der Waals surface area contributed by atoms with Crippen LogP contribution < -0.4 is 5.56 Å². The number of benzene rings is 1. The minimum atomic E-state index is -0.266. The van der Waals surface area contributed by atoms with Gasteiger partial charge < -0.3 is 0 Å². The van der Waals surface area contributed by atoms with Crippen molar-refractivity contribution in [3.05, 3.63) is 74.1 Å². The fraction of sp³-hybridized carbons (Fsp3) is 0.250. The molecule has 3 aromatic heterocycles. The highest BCUT2D eigenvalue weighted by Crippen LogP contribution is 2.25. The van der Waals surface area contributed by atoms with E-state index in [0.717, 1.165) is 16.1 Å². The number of thiophene rings is 1. The maximum atomic E-state index is 13.5. The Morgan fingerprint density at radius 1 is 1.25 bits per heavy atom. The van der Waals surface area contributed by atoms with Gasteiger partial charge in [-0.3, -0.25) is 14.0 Å². The summed E-state index contributed by atoms with van der Waals surface area (Å²) in [5.74, 6) is 0.263. The Morgan fingerprint density at radius 3 is 2.82 bits per heavy atom. The largest absolute Gasteiger partial charge is 0.280 e. The van der Waals surface area contributed by atoms with Gasteiger partial charge in [0.2, 0.25) is 0 Å². The molecule has 0 aliphatic rings. The van der Waals surface area contributed by atoms with Gasteiger partial charge in [0.25, 0.3) is 5.56 Å². The third kappa shape index (κ3) is 3.62. The van der Waals surface area contributed by atoms with E-state index in [1.165, 1.54) is 23.9 Å². The van der Waals surface area contributed by atoms with Crippen LogP contribution in [0.2, 0.25) is 0 Å². The molecule has 1 aromatic carbocycles. The summed E-state index contributed by atoms with van der Waals surface area (Å²) < 4.78 is 16.9. The van der Waals surface area contributed by atoms with Crippen molar-refractivity contribution in [1.29, 1.82) is 0 Å². The van der Waals surface area contributed by atoms with Crippen molar-refractivity contribution in [2.75, 3.05) is 0 Å². The molecule has 144 valence electrons. The molecule has 0 spiro atoms. The van der Waals surface area contributed by atoms with Crippen LogP contribution in [0.4, 0.5) is 4.39 Å². The first-order chi connectivity index (χ1) is 13.6. The van der Waals surface area contributed by atoms with E-state index in [4.69, 9.17) is 4.98 Å². The van der Waals surface area contributed by atoms with Gasteiger partial charge >= 0.3 is 0 Å². The molecule has 0 radical (unpaired) electrons. The highest BCUT2D eigenvalue weighted by Gasteiger charge is 2.18. The summed E-state index contributed by atoms with van der Waals surface area (Å²) in [6.07, 6.45) is 0. The molecule has 0 N–H and O–H groups in total. The Morgan fingerprint density at radius 2 is 2.11 bits per heavy atom. The quantitative estimate of drug-likeness (QED) is 0.345. The summed E-state index contributed by atoms with van der Waals surface area (Å²) in [5.41, 5.74) is 2.66. The number of hydrogen-bond acceptors (Lipinski definition) is 5. The van der Waals surface area contributed by atoms with Gasteiger partial charge in [-0.05, 0) is 43.0 Å². The molecule has 0 atom stereocenters. The Kier molecular flexibility index (Phi) is 5.32. The first-order valence-corrected chi connectivity index (χ1v) is 10.8. The third-order valence-corrected chi connectivity index (χ3v) is 6.34. The second-order valence-electron chi connectivity index (χ2n) is 6.38. The van der Waals surface area contributed by atoms with Crippen molar-refractivity contribution in [2.45, 2.75) is 37.8 Å². The lowest BCUT2D eigenvalue weighted by atomic mass is 10.2. The zero-order valence-corrected chi connectivity index (χ0v) is 17.2. The van der Waals surface area contributed by atoms with Gasteiger partial charge in [-0.25, -0.2) is 9.37 Å². The van der Waals surface area contributed by atoms with Crippen LogP contribution in [0.1, 0.15) is 23.1 Å². The maximum absolute atomic E-state index is 13.5. The first kappa shape index (κ1) is 18.9. The van der Waals surface area contributed by atoms with Crippen LogP contribution >= 0.6 is 23.1 Å². The number of aromatic nitrogens is 4. The van der Waals surface area contributed by atoms with E-state index in [-0.39, 0.29) is 11.4 Å². The summed E-state index contributed by atoms with van der Waals surface area (Å²) in [6, 6.07) is 10.5.